The van der Waals surface area contributed by atoms with Gasteiger partial charge in [0.15, 0.2) is 11.5 Å². The fourth-order valence-electron chi connectivity index (χ4n) is 0.923. The molecular weight excluding hydrogens is 128 g/mol. The summed E-state index contributed by atoms with van der Waals surface area (Å²) in [4.78, 5) is 10.8. The molecule has 2 nitrogen and oxygen atoms in total. The van der Waals surface area contributed by atoms with Crippen molar-refractivity contribution in [2.45, 2.75) is 20.3 Å². The van der Waals surface area contributed by atoms with Crippen LogP contribution in [0.1, 0.15) is 30.0 Å². The van der Waals surface area contributed by atoms with Crippen molar-refractivity contribution in [3.63, 3.8) is 0 Å². The molecule has 0 atom stereocenters. The summed E-state index contributed by atoms with van der Waals surface area (Å²) < 4.78 is 4.97. The highest BCUT2D eigenvalue weighted by molar-refractivity contribution is 5.92. The zero-order valence-corrected chi connectivity index (χ0v) is 6.18. The Hall–Kier alpha value is -1.05. The Kier molecular flexibility index (Phi) is 1.90. The Morgan fingerprint density at radius 1 is 1.70 bits per heavy atom. The number of furan rings is 1. The Bertz CT molecular complexity index is 235. The molecule has 0 saturated carbocycles. The third-order valence-corrected chi connectivity index (χ3v) is 1.45. The van der Waals surface area contributed by atoms with Gasteiger partial charge in [0.1, 0.15) is 0 Å². The van der Waals surface area contributed by atoms with Crippen LogP contribution in [0.4, 0.5) is 0 Å². The van der Waals surface area contributed by atoms with Crippen LogP contribution < -0.4 is 0 Å². The lowest BCUT2D eigenvalue weighted by Crippen LogP contribution is -1.93. The van der Waals surface area contributed by atoms with E-state index in [-0.39, 0.29) is 5.78 Å². The van der Waals surface area contributed by atoms with Crippen LogP contribution in [0, 0.1) is 0 Å². The van der Waals surface area contributed by atoms with Gasteiger partial charge in [0, 0.05) is 12.5 Å². The molecule has 0 fully saturated rings. The summed E-state index contributed by atoms with van der Waals surface area (Å²) in [5, 5.41) is 0. The summed E-state index contributed by atoms with van der Waals surface area (Å²) in [7, 11) is 0. The van der Waals surface area contributed by atoms with Crippen molar-refractivity contribution < 1.29 is 9.21 Å². The molecule has 1 aromatic rings. The zero-order valence-electron chi connectivity index (χ0n) is 6.18. The molecule has 0 amide bonds. The summed E-state index contributed by atoms with van der Waals surface area (Å²) in [6.45, 7) is 3.51. The van der Waals surface area contributed by atoms with E-state index in [4.69, 9.17) is 4.42 Å². The summed E-state index contributed by atoms with van der Waals surface area (Å²) in [5.74, 6) is 0.504. The molecule has 0 N–H and O–H groups in total. The van der Waals surface area contributed by atoms with E-state index in [1.807, 2.05) is 13.0 Å². The molecule has 0 spiro atoms. The van der Waals surface area contributed by atoms with Gasteiger partial charge < -0.3 is 4.42 Å². The maximum absolute atomic E-state index is 10.8. The van der Waals surface area contributed by atoms with Crippen LogP contribution in [0.25, 0.3) is 0 Å². The second-order valence-electron chi connectivity index (χ2n) is 2.18. The first-order valence-electron chi connectivity index (χ1n) is 3.33. The second kappa shape index (κ2) is 2.69. The summed E-state index contributed by atoms with van der Waals surface area (Å²) in [5.41, 5.74) is 0.993. The highest BCUT2D eigenvalue weighted by Gasteiger charge is 2.07. The van der Waals surface area contributed by atoms with E-state index in [0.717, 1.165) is 12.0 Å². The van der Waals surface area contributed by atoms with Gasteiger partial charge in [0.2, 0.25) is 0 Å². The van der Waals surface area contributed by atoms with E-state index in [2.05, 4.69) is 0 Å². The largest absolute Gasteiger partial charge is 0.461 e. The van der Waals surface area contributed by atoms with Gasteiger partial charge in [0.25, 0.3) is 0 Å². The quantitative estimate of drug-likeness (QED) is 0.585. The van der Waals surface area contributed by atoms with Gasteiger partial charge in [-0.1, -0.05) is 6.92 Å². The van der Waals surface area contributed by atoms with Gasteiger partial charge in [-0.3, -0.25) is 4.79 Å². The minimum absolute atomic E-state index is 0.00171. The minimum atomic E-state index is 0.00171. The molecule has 0 aliphatic heterocycles. The monoisotopic (exact) mass is 138 g/mol. The van der Waals surface area contributed by atoms with E-state index in [1.54, 1.807) is 6.26 Å². The Morgan fingerprint density at radius 2 is 2.40 bits per heavy atom. The standard InChI is InChI=1S/C8H10O2/c1-3-7-4-5-10-8(7)6(2)9/h4-5H,3H2,1-2H3. The topological polar surface area (TPSA) is 30.2 Å². The van der Waals surface area contributed by atoms with Crippen LogP contribution in [0.15, 0.2) is 16.7 Å². The maximum atomic E-state index is 10.8. The average molecular weight is 138 g/mol. The van der Waals surface area contributed by atoms with Gasteiger partial charge in [-0.25, -0.2) is 0 Å². The lowest BCUT2D eigenvalue weighted by molar-refractivity contribution is 0.0986. The maximum Gasteiger partial charge on any atom is 0.195 e. The van der Waals surface area contributed by atoms with Crippen molar-refractivity contribution in [2.24, 2.45) is 0 Å². The molecule has 0 radical (unpaired) electrons. The van der Waals surface area contributed by atoms with E-state index in [0.29, 0.717) is 5.76 Å². The second-order valence-corrected chi connectivity index (χ2v) is 2.18. The average Bonchev–Trinajstić information content (AvgIpc) is 2.33. The highest BCUT2D eigenvalue weighted by Crippen LogP contribution is 2.10. The molecule has 0 saturated heterocycles. The first-order chi connectivity index (χ1) is 4.75. The van der Waals surface area contributed by atoms with Crippen molar-refractivity contribution in [3.05, 3.63) is 23.7 Å². The molecule has 2 heteroatoms. The van der Waals surface area contributed by atoms with Crippen molar-refractivity contribution in [2.75, 3.05) is 0 Å². The molecule has 0 aromatic carbocycles. The molecule has 0 aliphatic carbocycles. The Balaban J connectivity index is 3.01. The van der Waals surface area contributed by atoms with E-state index < -0.39 is 0 Å². The first-order valence-corrected chi connectivity index (χ1v) is 3.33. The zero-order chi connectivity index (χ0) is 7.56. The molecule has 54 valence electrons. The third-order valence-electron chi connectivity index (χ3n) is 1.45. The Morgan fingerprint density at radius 3 is 2.80 bits per heavy atom. The molecular formula is C8H10O2. The van der Waals surface area contributed by atoms with Crippen molar-refractivity contribution in [3.8, 4) is 0 Å². The SMILES string of the molecule is CCc1ccoc1C(C)=O. The number of Topliss-reactive ketones (excluding diaryl/α,β-unsaturated/α-hetero) is 1. The van der Waals surface area contributed by atoms with E-state index >= 15 is 0 Å². The first kappa shape index (κ1) is 7.06. The number of ketones is 1. The van der Waals surface area contributed by atoms with Gasteiger partial charge in [-0.15, -0.1) is 0 Å². The van der Waals surface area contributed by atoms with Gasteiger partial charge in [0.05, 0.1) is 6.26 Å². The minimum Gasteiger partial charge on any atom is -0.461 e. The fraction of sp³-hybridized carbons (Fsp3) is 0.375. The normalized spacial score (nSPS) is 9.80. The van der Waals surface area contributed by atoms with Gasteiger partial charge >= 0.3 is 0 Å². The summed E-state index contributed by atoms with van der Waals surface area (Å²) >= 11 is 0. The van der Waals surface area contributed by atoms with E-state index in [9.17, 15) is 4.79 Å². The van der Waals surface area contributed by atoms with Crippen LogP contribution >= 0.6 is 0 Å². The number of aryl methyl sites for hydroxylation is 1. The van der Waals surface area contributed by atoms with Crippen LogP contribution in [-0.2, 0) is 6.42 Å². The van der Waals surface area contributed by atoms with Crippen molar-refractivity contribution >= 4 is 5.78 Å². The molecule has 0 bridgehead atoms. The van der Waals surface area contributed by atoms with Crippen molar-refractivity contribution in [1.82, 2.24) is 0 Å². The summed E-state index contributed by atoms with van der Waals surface area (Å²) in [6.07, 6.45) is 2.40. The Labute approximate surface area is 59.8 Å². The van der Waals surface area contributed by atoms with E-state index in [1.165, 1.54) is 6.92 Å². The summed E-state index contributed by atoms with van der Waals surface area (Å²) in [6, 6.07) is 1.83. The number of hydrogen-bond donors (Lipinski definition) is 0. The van der Waals surface area contributed by atoms with Gasteiger partial charge in [-0.05, 0) is 12.5 Å². The third kappa shape index (κ3) is 1.10. The molecule has 0 unspecified atom stereocenters. The lowest BCUT2D eigenvalue weighted by atomic mass is 10.1. The molecule has 1 rings (SSSR count). The fourth-order valence-corrected chi connectivity index (χ4v) is 0.923. The van der Waals surface area contributed by atoms with Crippen LogP contribution in [0.3, 0.4) is 0 Å². The number of hydrogen-bond acceptors (Lipinski definition) is 2. The molecule has 0 aliphatic rings. The molecule has 1 heterocycles. The van der Waals surface area contributed by atoms with Crippen LogP contribution in [-0.4, -0.2) is 5.78 Å². The predicted octanol–water partition coefficient (Wildman–Crippen LogP) is 2.04. The molecule has 10 heavy (non-hydrogen) atoms. The number of rotatable bonds is 2. The number of carbonyl (C=O) groups excluding carboxylic acids is 1. The number of carbonyl (C=O) groups is 1. The lowest BCUT2D eigenvalue weighted by Gasteiger charge is -1.91. The molecule has 1 aromatic heterocycles. The smallest absolute Gasteiger partial charge is 0.195 e. The van der Waals surface area contributed by atoms with Crippen molar-refractivity contribution in [1.29, 1.82) is 0 Å². The highest BCUT2D eigenvalue weighted by atomic mass is 16.3. The van der Waals surface area contributed by atoms with Crippen LogP contribution in [0.2, 0.25) is 0 Å². The van der Waals surface area contributed by atoms with Gasteiger partial charge in [-0.2, -0.15) is 0 Å². The predicted molar refractivity (Wildman–Crippen MR) is 38.1 cm³/mol. The van der Waals surface area contributed by atoms with Crippen LogP contribution in [0.5, 0.6) is 0 Å².